The number of nitrogens with one attached hydrogen (secondary N) is 2. The molecular weight excluding hydrogens is 383 g/mol. The summed E-state index contributed by atoms with van der Waals surface area (Å²) >= 11 is 0. The molecule has 0 radical (unpaired) electrons. The molecule has 0 spiro atoms. The Morgan fingerprint density at radius 3 is 1.87 bits per heavy atom. The number of hydrogen-bond acceptors (Lipinski definition) is 2. The van der Waals surface area contributed by atoms with Crippen LogP contribution in [0.25, 0.3) is 0 Å². The maximum absolute atomic E-state index is 13.4. The van der Waals surface area contributed by atoms with Crippen LogP contribution in [0.15, 0.2) is 42.5 Å². The van der Waals surface area contributed by atoms with E-state index in [4.69, 9.17) is 0 Å². The van der Waals surface area contributed by atoms with Gasteiger partial charge in [0.05, 0.1) is 0 Å². The number of fused-ring (bicyclic) bond motifs is 1. The lowest BCUT2D eigenvalue weighted by Crippen LogP contribution is -2.27. The van der Waals surface area contributed by atoms with Gasteiger partial charge in [-0.2, -0.15) is 0 Å². The van der Waals surface area contributed by atoms with Gasteiger partial charge in [-0.1, -0.05) is 50.2 Å². The number of piperidine rings is 2. The molecule has 0 aromatic heterocycles. The largest absolute Gasteiger partial charge is 0.317 e. The van der Waals surface area contributed by atoms with Crippen molar-refractivity contribution < 1.29 is 4.39 Å². The van der Waals surface area contributed by atoms with E-state index < -0.39 is 0 Å². The molecule has 0 unspecified atom stereocenters. The van der Waals surface area contributed by atoms with Crippen LogP contribution in [0, 0.1) is 5.82 Å². The van der Waals surface area contributed by atoms with Gasteiger partial charge in [-0.05, 0) is 118 Å². The van der Waals surface area contributed by atoms with E-state index in [0.717, 1.165) is 37.4 Å². The third-order valence-corrected chi connectivity index (χ3v) is 6.90. The Morgan fingerprint density at radius 1 is 0.677 bits per heavy atom. The highest BCUT2D eigenvalue weighted by Gasteiger charge is 2.21. The van der Waals surface area contributed by atoms with Crippen LogP contribution in [0.5, 0.6) is 0 Å². The van der Waals surface area contributed by atoms with Crippen molar-refractivity contribution in [3.8, 4) is 0 Å². The minimum absolute atomic E-state index is 0.0469. The molecule has 2 heterocycles. The van der Waals surface area contributed by atoms with E-state index in [1.165, 1.54) is 51.6 Å². The zero-order valence-electron chi connectivity index (χ0n) is 19.6. The molecule has 2 aromatic rings. The fourth-order valence-corrected chi connectivity index (χ4v) is 5.27. The van der Waals surface area contributed by atoms with Crippen molar-refractivity contribution >= 4 is 0 Å². The molecule has 0 bridgehead atoms. The zero-order valence-corrected chi connectivity index (χ0v) is 19.6. The first-order valence-electron chi connectivity index (χ1n) is 12.6. The average Bonchev–Trinajstić information content (AvgIpc) is 2.87. The third kappa shape index (κ3) is 6.63. The van der Waals surface area contributed by atoms with Crippen LogP contribution in [0.4, 0.5) is 4.39 Å². The van der Waals surface area contributed by atoms with Gasteiger partial charge in [0.2, 0.25) is 0 Å². The van der Waals surface area contributed by atoms with Gasteiger partial charge in [0.15, 0.2) is 0 Å². The summed E-state index contributed by atoms with van der Waals surface area (Å²) in [6, 6.07) is 14.1. The first-order chi connectivity index (χ1) is 15.3. The van der Waals surface area contributed by atoms with Crippen molar-refractivity contribution in [3.05, 3.63) is 70.5 Å². The smallest absolute Gasteiger partial charge is 0.126 e. The van der Waals surface area contributed by atoms with Crippen molar-refractivity contribution in [3.63, 3.8) is 0 Å². The lowest BCUT2D eigenvalue weighted by atomic mass is 9.81. The molecule has 3 aliphatic rings. The molecule has 31 heavy (non-hydrogen) atoms. The summed E-state index contributed by atoms with van der Waals surface area (Å²) in [5.74, 6) is 1.20. The van der Waals surface area contributed by atoms with E-state index in [9.17, 15) is 4.39 Å². The van der Waals surface area contributed by atoms with E-state index in [1.807, 2.05) is 26.0 Å². The molecule has 2 fully saturated rings. The Hall–Kier alpha value is -1.71. The number of benzene rings is 2. The molecule has 2 N–H and O–H groups in total. The van der Waals surface area contributed by atoms with Crippen LogP contribution in [0.3, 0.4) is 0 Å². The monoisotopic (exact) mass is 424 g/mol. The summed E-state index contributed by atoms with van der Waals surface area (Å²) in [6.07, 6.45) is 10.2. The second-order valence-corrected chi connectivity index (χ2v) is 8.76. The highest BCUT2D eigenvalue weighted by atomic mass is 19.1. The Balaban J connectivity index is 0.000000166. The maximum atomic E-state index is 13.4. The summed E-state index contributed by atoms with van der Waals surface area (Å²) in [7, 11) is 0. The first kappa shape index (κ1) is 23.9. The predicted octanol–water partition coefficient (Wildman–Crippen LogP) is 6.35. The van der Waals surface area contributed by atoms with Crippen molar-refractivity contribution in [1.82, 2.24) is 10.6 Å². The number of halogens is 1. The third-order valence-electron chi connectivity index (χ3n) is 6.90. The van der Waals surface area contributed by atoms with Gasteiger partial charge in [0.1, 0.15) is 5.82 Å². The van der Waals surface area contributed by atoms with Gasteiger partial charge in [-0.15, -0.1) is 0 Å². The topological polar surface area (TPSA) is 24.1 Å². The van der Waals surface area contributed by atoms with E-state index in [1.54, 1.807) is 28.8 Å². The summed E-state index contributed by atoms with van der Waals surface area (Å²) < 4.78 is 13.4. The van der Waals surface area contributed by atoms with Crippen molar-refractivity contribution in [2.45, 2.75) is 77.0 Å². The van der Waals surface area contributed by atoms with Gasteiger partial charge in [0, 0.05) is 0 Å². The van der Waals surface area contributed by atoms with E-state index >= 15 is 0 Å². The van der Waals surface area contributed by atoms with Crippen LogP contribution < -0.4 is 10.6 Å². The van der Waals surface area contributed by atoms with Crippen molar-refractivity contribution in [2.24, 2.45) is 0 Å². The van der Waals surface area contributed by atoms with E-state index in [-0.39, 0.29) is 5.82 Å². The molecular formula is C28H41FN2. The SMILES string of the molecule is CC.Fc1ccccc1C1CCNCC1.c1cc2c(c(C3CCNCC3)c1)CCCC2. The van der Waals surface area contributed by atoms with Crippen LogP contribution in [0.2, 0.25) is 0 Å². The van der Waals surface area contributed by atoms with E-state index in [2.05, 4.69) is 28.8 Å². The Morgan fingerprint density at radius 2 is 1.23 bits per heavy atom. The van der Waals surface area contributed by atoms with Crippen LogP contribution in [-0.4, -0.2) is 26.2 Å². The Labute approximate surface area is 189 Å². The molecule has 170 valence electrons. The molecule has 2 aromatic carbocycles. The predicted molar refractivity (Wildman–Crippen MR) is 131 cm³/mol. The fraction of sp³-hybridized carbons (Fsp3) is 0.571. The average molecular weight is 425 g/mol. The zero-order chi connectivity index (χ0) is 21.9. The lowest BCUT2D eigenvalue weighted by Gasteiger charge is -2.28. The van der Waals surface area contributed by atoms with Gasteiger partial charge >= 0.3 is 0 Å². The molecule has 0 saturated carbocycles. The molecule has 1 aliphatic carbocycles. The Bertz CT molecular complexity index is 776. The molecule has 0 atom stereocenters. The van der Waals surface area contributed by atoms with Crippen LogP contribution in [0.1, 0.15) is 86.5 Å². The highest BCUT2D eigenvalue weighted by Crippen LogP contribution is 2.33. The molecule has 2 saturated heterocycles. The molecule has 5 rings (SSSR count). The van der Waals surface area contributed by atoms with Gasteiger partial charge in [-0.3, -0.25) is 0 Å². The summed E-state index contributed by atoms with van der Waals surface area (Å²) in [5.41, 5.74) is 5.92. The number of rotatable bonds is 2. The second kappa shape index (κ2) is 13.0. The van der Waals surface area contributed by atoms with Gasteiger partial charge < -0.3 is 10.6 Å². The van der Waals surface area contributed by atoms with Crippen LogP contribution in [-0.2, 0) is 12.8 Å². The van der Waals surface area contributed by atoms with Crippen LogP contribution >= 0.6 is 0 Å². The fourth-order valence-electron chi connectivity index (χ4n) is 5.27. The van der Waals surface area contributed by atoms with Gasteiger partial charge in [-0.25, -0.2) is 4.39 Å². The summed E-state index contributed by atoms with van der Waals surface area (Å²) in [5, 5.41) is 6.75. The molecule has 2 aliphatic heterocycles. The summed E-state index contributed by atoms with van der Waals surface area (Å²) in [6.45, 7) is 8.43. The molecule has 0 amide bonds. The molecule has 2 nitrogen and oxygen atoms in total. The highest BCUT2D eigenvalue weighted by molar-refractivity contribution is 5.39. The van der Waals surface area contributed by atoms with E-state index in [0.29, 0.717) is 5.92 Å². The first-order valence-corrected chi connectivity index (χ1v) is 12.6. The summed E-state index contributed by atoms with van der Waals surface area (Å²) in [4.78, 5) is 0. The quantitative estimate of drug-likeness (QED) is 0.587. The standard InChI is InChI=1S/C15H21N.C11H14FN.C2H6/c1-2-6-14-12(4-1)5-3-7-15(14)13-8-10-16-11-9-13;12-11-4-2-1-3-10(11)9-5-7-13-8-6-9;1-2/h3,5,7,13,16H,1-2,4,6,8-11H2;1-4,9,13H,5-8H2;1-2H3. The minimum atomic E-state index is -0.0469. The van der Waals surface area contributed by atoms with Gasteiger partial charge in [0.25, 0.3) is 0 Å². The second-order valence-electron chi connectivity index (χ2n) is 8.76. The normalized spacial score (nSPS) is 19.3. The Kier molecular flexibility index (Phi) is 10.0. The molecule has 3 heteroatoms. The number of hydrogen-bond donors (Lipinski definition) is 2. The van der Waals surface area contributed by atoms with Crippen molar-refractivity contribution in [2.75, 3.05) is 26.2 Å². The minimum Gasteiger partial charge on any atom is -0.317 e. The number of aryl methyl sites for hydroxylation is 1. The van der Waals surface area contributed by atoms with Crippen molar-refractivity contribution in [1.29, 1.82) is 0 Å². The maximum Gasteiger partial charge on any atom is 0.126 e. The lowest BCUT2D eigenvalue weighted by molar-refractivity contribution is 0.445.